The smallest absolute Gasteiger partial charge is 0.232 e. The van der Waals surface area contributed by atoms with Gasteiger partial charge >= 0.3 is 0 Å². The number of anilines is 1. The first-order valence-electron chi connectivity index (χ1n) is 51.3. The Morgan fingerprint density at radius 2 is 0.846 bits per heavy atom. The number of piperidine rings is 4. The summed E-state index contributed by atoms with van der Waals surface area (Å²) in [6.45, 7) is 28.5. The topological polar surface area (TPSA) is 512 Å². The van der Waals surface area contributed by atoms with Crippen molar-refractivity contribution in [1.82, 2.24) is 101 Å². The first kappa shape index (κ1) is 98.6. The molecule has 5 aromatic carbocycles. The predicted molar refractivity (Wildman–Crippen MR) is 554 cm³/mol. The van der Waals surface area contributed by atoms with Gasteiger partial charge in [-0.25, -0.2) is 33.3 Å². The zero-order valence-corrected chi connectivity index (χ0v) is 86.2. The number of aryl methyl sites for hydroxylation is 11. The molecule has 0 spiro atoms. The summed E-state index contributed by atoms with van der Waals surface area (Å²) < 4.78 is 76.0. The summed E-state index contributed by atoms with van der Waals surface area (Å²) in [5.41, 5.74) is 21.6. The standard InChI is InChI=1S/C25H26N4O4.C24H22N6O4S.C22H26N4O2.C21H26N4O2.C19H21N3O4/c1-13-18(5-4-8-26-13)25(30,24-31-9-10-32-24)19-11-17(21-14(2)29-33-15(21)3)12-20-22(19)28-23(27-20)16-6-7-16;1-14-21(15(2)34-29-14)16-12-17(22-18(13-16)27-23(28-22)30-35(3,32)33)24(31,19-8-4-6-10-25-19)20-9-5-7-11-26-20;1-12-19(13(2)28-25-12)15-9-17(22(27)11-26-7-5-16(22)6-8-26)20-18(10-15)23-21(24-20)14-3-4-14;1-11-10-21(26,6-7-22-11)16-8-15(18-12(2)25-27-13(18)3)9-17-19(16)24-20(23-17)14-4-5-14;1-9-15(10(2)26-22-9)12-7-13(17(23)19-24-5-6-25-19)16-14(8-12)20-18(21-16)11-3-4-11/h4-5,8,11-12,16,24,30H,6-7,9-10H2,1-3H3,(H,27,28);4-13,31H,1-3H3,(H2,27,28,30);9-10,14,16,27H,3-8,11H2,1-2H3,(H,23,24);8-9,11,14,22,26H,4-7,10H2,1-3H3,(H,23,24);7-8,11,17,19,23H,3-6H2,1-2H3,(H,20,21). The quantitative estimate of drug-likeness (QED) is 0.0318. The molecule has 5 atom stereocenters. The number of ether oxygens (including phenoxy) is 4. The van der Waals surface area contributed by atoms with Crippen molar-refractivity contribution in [3.63, 3.8) is 0 Å². The lowest BCUT2D eigenvalue weighted by atomic mass is 9.71. The third kappa shape index (κ3) is 18.7. The molecule has 149 heavy (non-hydrogen) atoms. The summed E-state index contributed by atoms with van der Waals surface area (Å²) in [5.74, 6) is 10.0. The van der Waals surface area contributed by atoms with Crippen molar-refractivity contribution < 1.29 is 75.5 Å². The second-order valence-electron chi connectivity index (χ2n) is 41.7. The molecule has 37 nitrogen and oxygen atoms in total. The number of nitrogens with zero attached hydrogens (tertiary/aromatic N) is 14. The molecule has 12 N–H and O–H groups in total. The number of benzene rings is 5. The minimum atomic E-state index is -3.60. The van der Waals surface area contributed by atoms with Gasteiger partial charge in [0.15, 0.2) is 23.8 Å². The number of nitrogens with one attached hydrogen (secondary N) is 7. The molecule has 772 valence electrons. The molecule has 4 saturated carbocycles. The Balaban J connectivity index is 0.000000103. The van der Waals surface area contributed by atoms with Crippen LogP contribution in [0.5, 0.6) is 0 Å². The molecule has 5 unspecified atom stereocenters. The van der Waals surface area contributed by atoms with Gasteiger partial charge in [-0.2, -0.15) is 0 Å². The fraction of sp³-hybridized carbons (Fsp3) is 0.414. The van der Waals surface area contributed by atoms with Crippen LogP contribution in [0.1, 0.15) is 245 Å². The normalized spacial score (nSPS) is 20.7. The zero-order valence-electron chi connectivity index (χ0n) is 85.4. The Morgan fingerprint density at radius 3 is 1.27 bits per heavy atom. The number of rotatable bonds is 21. The molecule has 28 rings (SSSR count). The highest BCUT2D eigenvalue weighted by molar-refractivity contribution is 7.92. The van der Waals surface area contributed by atoms with Gasteiger partial charge in [0.2, 0.25) is 16.0 Å². The van der Waals surface area contributed by atoms with Crippen molar-refractivity contribution in [2.75, 3.05) is 63.6 Å². The Hall–Kier alpha value is -13.7. The van der Waals surface area contributed by atoms with Crippen LogP contribution in [0.3, 0.4) is 0 Å². The number of hydrogen-bond acceptors (Lipinski definition) is 31. The van der Waals surface area contributed by atoms with E-state index in [-0.39, 0.29) is 12.0 Å². The van der Waals surface area contributed by atoms with E-state index in [1.54, 1.807) is 68.0 Å². The number of aromatic amines is 5. The molecule has 4 aliphatic carbocycles. The fourth-order valence-corrected chi connectivity index (χ4v) is 23.2. The molecule has 6 aliphatic heterocycles. The van der Waals surface area contributed by atoms with Crippen molar-refractivity contribution in [1.29, 1.82) is 0 Å². The van der Waals surface area contributed by atoms with Crippen LogP contribution in [0.15, 0.2) is 150 Å². The van der Waals surface area contributed by atoms with Gasteiger partial charge < -0.3 is 102 Å². The lowest BCUT2D eigenvalue weighted by Gasteiger charge is -2.50. The van der Waals surface area contributed by atoms with E-state index in [4.69, 9.17) is 61.5 Å². The minimum absolute atomic E-state index is 0.0176. The van der Waals surface area contributed by atoms with Crippen LogP contribution in [-0.4, -0.2) is 207 Å². The van der Waals surface area contributed by atoms with Crippen LogP contribution in [0.2, 0.25) is 0 Å². The van der Waals surface area contributed by atoms with Gasteiger partial charge in [0.1, 0.15) is 63.8 Å². The summed E-state index contributed by atoms with van der Waals surface area (Å²) >= 11 is 0. The van der Waals surface area contributed by atoms with E-state index in [2.05, 4.69) is 123 Å². The lowest BCUT2D eigenvalue weighted by molar-refractivity contribution is -0.166. The maximum absolute atomic E-state index is 12.5. The van der Waals surface area contributed by atoms with Crippen LogP contribution >= 0.6 is 0 Å². The zero-order chi connectivity index (χ0) is 103. The third-order valence-corrected chi connectivity index (χ3v) is 31.2. The number of sulfonamides is 1. The number of imidazole rings is 5. The molecule has 0 amide bonds. The Bertz CT molecular complexity index is 8090. The molecule has 6 saturated heterocycles. The molecule has 38 heteroatoms. The molecule has 18 aromatic rings. The van der Waals surface area contributed by atoms with E-state index in [1.807, 2.05) is 106 Å². The largest absolute Gasteiger partial charge is 0.385 e. The monoisotopic (exact) mass is 2040 g/mol. The van der Waals surface area contributed by atoms with E-state index in [9.17, 15) is 34.0 Å². The highest BCUT2D eigenvalue weighted by atomic mass is 32.2. The predicted octanol–water partition coefficient (Wildman–Crippen LogP) is 17.7. The molecule has 0 radical (unpaired) electrons. The Morgan fingerprint density at radius 1 is 0.443 bits per heavy atom. The van der Waals surface area contributed by atoms with Gasteiger partial charge in [-0.3, -0.25) is 19.7 Å². The molecule has 13 aromatic heterocycles. The Labute approximate surface area is 857 Å². The second-order valence-corrected chi connectivity index (χ2v) is 43.4. The van der Waals surface area contributed by atoms with Crippen LogP contribution in [0.25, 0.3) is 111 Å². The Kier molecular flexibility index (Phi) is 25.6. The maximum Gasteiger partial charge on any atom is 0.232 e. The van der Waals surface area contributed by atoms with Crippen LogP contribution in [0.4, 0.5) is 5.95 Å². The molecule has 10 aliphatic rings. The average molecular weight is 2040 g/mol. The number of fused-ring (bicyclic) bond motifs is 8. The first-order valence-corrected chi connectivity index (χ1v) is 53.2. The highest BCUT2D eigenvalue weighted by Crippen LogP contribution is 2.53. The second kappa shape index (κ2) is 38.7. The van der Waals surface area contributed by atoms with E-state index in [1.165, 1.54) is 25.7 Å². The fourth-order valence-electron chi connectivity index (χ4n) is 22.7. The maximum atomic E-state index is 12.5. The van der Waals surface area contributed by atoms with Crippen molar-refractivity contribution in [2.45, 2.75) is 231 Å². The van der Waals surface area contributed by atoms with Gasteiger partial charge in [-0.15, -0.1) is 0 Å². The summed E-state index contributed by atoms with van der Waals surface area (Å²) in [4.78, 5) is 56.8. The van der Waals surface area contributed by atoms with Crippen molar-refractivity contribution >= 4 is 71.1 Å². The lowest BCUT2D eigenvalue weighted by Crippen LogP contribution is -2.57. The van der Waals surface area contributed by atoms with E-state index < -0.39 is 51.1 Å². The molecule has 2 bridgehead atoms. The minimum Gasteiger partial charge on any atom is -0.385 e. The number of pyridine rings is 3. The molecular formula is C111H121N21O16S. The molecule has 19 heterocycles. The summed E-state index contributed by atoms with van der Waals surface area (Å²) in [6, 6.07) is 34.5. The van der Waals surface area contributed by atoms with Crippen LogP contribution < -0.4 is 10.0 Å². The van der Waals surface area contributed by atoms with E-state index in [0.29, 0.717) is 154 Å². The summed E-state index contributed by atoms with van der Waals surface area (Å²) in [6.07, 6.45) is 16.3. The van der Waals surface area contributed by atoms with E-state index >= 15 is 0 Å². The summed E-state index contributed by atoms with van der Waals surface area (Å²) in [5, 5.41) is 83.2. The van der Waals surface area contributed by atoms with Gasteiger partial charge in [-0.1, -0.05) is 44.0 Å². The van der Waals surface area contributed by atoms with Gasteiger partial charge in [0.25, 0.3) is 0 Å². The van der Waals surface area contributed by atoms with Crippen molar-refractivity contribution in [3.05, 3.63) is 259 Å². The number of aromatic nitrogens is 18. The third-order valence-electron chi connectivity index (χ3n) is 30.6. The number of H-pyrrole nitrogens is 5. The summed E-state index contributed by atoms with van der Waals surface area (Å²) in [7, 11) is -3.60. The number of hydrogen-bond donors (Lipinski definition) is 12. The van der Waals surface area contributed by atoms with E-state index in [0.717, 1.165) is 228 Å². The van der Waals surface area contributed by atoms with Crippen LogP contribution in [0, 0.1) is 82.1 Å². The number of aliphatic hydroxyl groups is 5. The van der Waals surface area contributed by atoms with Crippen molar-refractivity contribution in [3.8, 4) is 55.6 Å². The molecular weight excluding hydrogens is 1920 g/mol. The van der Waals surface area contributed by atoms with Crippen molar-refractivity contribution in [2.24, 2.45) is 5.92 Å². The SMILES string of the molecule is Cc1ncccc1C(O)(c1cc(-c2c(C)noc2C)cc2[nH]c(C3CC3)nc12)C1OCCO1.Cc1noc(C)c1-c1cc(C(O)(c2ccccn2)c2ccccn2)c2nc(NS(C)(=O)=O)[nH]c2c1.Cc1noc(C)c1-c1cc(C(O)C2OCCO2)c2nc(C3CC3)[nH]c2c1.Cc1noc(C)c1-c1cc(C2(O)CCNC(C)C2)c2nc(C3CC3)[nH]c2c1.Cc1noc(C)c1-c1cc(C2(O)CN3CCC2CC3)c2nc(C3CC3)[nH]c2c1. The van der Waals surface area contributed by atoms with Gasteiger partial charge in [0, 0.05) is 122 Å². The van der Waals surface area contributed by atoms with Gasteiger partial charge in [0.05, 0.1) is 133 Å². The number of aliphatic hydroxyl groups excluding tert-OH is 1. The van der Waals surface area contributed by atoms with Gasteiger partial charge in [-0.05, 0) is 304 Å². The first-order chi connectivity index (χ1) is 71.7. The average Bonchev–Trinajstić information content (AvgIpc) is 1.58. The highest BCUT2D eigenvalue weighted by Gasteiger charge is 2.51. The molecule has 10 fully saturated rings. The van der Waals surface area contributed by atoms with Crippen LogP contribution in [-0.2, 0) is 51.4 Å².